The van der Waals surface area contributed by atoms with Crippen molar-refractivity contribution in [3.63, 3.8) is 0 Å². The van der Waals surface area contributed by atoms with Gasteiger partial charge >= 0.3 is 0 Å². The lowest BCUT2D eigenvalue weighted by Gasteiger charge is -2.29. The molecule has 1 fully saturated rings. The van der Waals surface area contributed by atoms with Gasteiger partial charge in [0.1, 0.15) is 0 Å². The van der Waals surface area contributed by atoms with E-state index in [0.29, 0.717) is 18.2 Å². The molecule has 3 aromatic rings. The molecule has 3 N–H and O–H groups in total. The first-order valence-corrected chi connectivity index (χ1v) is 11.1. The van der Waals surface area contributed by atoms with Crippen LogP contribution < -0.4 is 21.0 Å². The van der Waals surface area contributed by atoms with Gasteiger partial charge in [-0.1, -0.05) is 44.2 Å². The van der Waals surface area contributed by atoms with Crippen LogP contribution in [0.4, 0.5) is 17.3 Å². The number of nitrogens with zero attached hydrogens (tertiary/aromatic N) is 5. The number of benzene rings is 2. The van der Waals surface area contributed by atoms with E-state index in [4.69, 9.17) is 4.98 Å². The van der Waals surface area contributed by atoms with Crippen molar-refractivity contribution in [3.05, 3.63) is 59.7 Å². The second-order valence-electron chi connectivity index (χ2n) is 7.18. The summed E-state index contributed by atoms with van der Waals surface area (Å²) in [5.41, 5.74) is 6.94. The minimum atomic E-state index is 0.606. The third-order valence-electron chi connectivity index (χ3n) is 5.07. The van der Waals surface area contributed by atoms with Gasteiger partial charge in [-0.15, -0.1) is 10.2 Å². The standard InChI is InChI=1S/C22H26N8.C2H6/c1-16-14-18(8-9-19(16)27-23-2)20-26-22(30-12-10-24-11-13-30)21(29-28-20)25-15-17-6-4-3-5-7-17;1-2/h3-9,14,24,27H,2,10-13,15H2,1H3,(H,25,29);1-2H3. The molecule has 1 aromatic heterocycles. The van der Waals surface area contributed by atoms with Crippen LogP contribution >= 0.6 is 0 Å². The summed E-state index contributed by atoms with van der Waals surface area (Å²) in [5.74, 6) is 2.15. The van der Waals surface area contributed by atoms with Crippen LogP contribution in [0.2, 0.25) is 0 Å². The number of anilines is 3. The topological polar surface area (TPSA) is 90.4 Å². The highest BCUT2D eigenvalue weighted by Gasteiger charge is 2.19. The maximum atomic E-state index is 4.90. The predicted octanol–water partition coefficient (Wildman–Crippen LogP) is 3.92. The molecule has 2 aromatic carbocycles. The maximum absolute atomic E-state index is 4.90. The van der Waals surface area contributed by atoms with Crippen LogP contribution in [-0.2, 0) is 6.54 Å². The summed E-state index contributed by atoms with van der Waals surface area (Å²) in [6.07, 6.45) is 0. The van der Waals surface area contributed by atoms with E-state index in [1.54, 1.807) is 0 Å². The third-order valence-corrected chi connectivity index (χ3v) is 5.07. The number of rotatable bonds is 7. The Hall–Kier alpha value is -3.52. The molecular formula is C24H32N8. The van der Waals surface area contributed by atoms with E-state index < -0.39 is 0 Å². The molecule has 0 unspecified atom stereocenters. The van der Waals surface area contributed by atoms with Crippen LogP contribution in [0.15, 0.2) is 53.6 Å². The minimum Gasteiger partial charge on any atom is -0.361 e. The number of aryl methyl sites for hydroxylation is 1. The van der Waals surface area contributed by atoms with E-state index in [1.165, 1.54) is 5.56 Å². The lowest BCUT2D eigenvalue weighted by atomic mass is 10.1. The van der Waals surface area contributed by atoms with Crippen molar-refractivity contribution in [1.82, 2.24) is 20.5 Å². The summed E-state index contributed by atoms with van der Waals surface area (Å²) < 4.78 is 0. The highest BCUT2D eigenvalue weighted by Crippen LogP contribution is 2.27. The molecule has 0 bridgehead atoms. The molecule has 0 atom stereocenters. The summed E-state index contributed by atoms with van der Waals surface area (Å²) >= 11 is 0. The van der Waals surface area contributed by atoms with Gasteiger partial charge in [0.25, 0.3) is 0 Å². The van der Waals surface area contributed by atoms with Gasteiger partial charge in [-0.05, 0) is 36.2 Å². The summed E-state index contributed by atoms with van der Waals surface area (Å²) in [5, 5.41) is 19.5. The monoisotopic (exact) mass is 432 g/mol. The molecule has 0 saturated carbocycles. The Balaban J connectivity index is 0.00000141. The molecule has 1 saturated heterocycles. The molecule has 0 aliphatic carbocycles. The molecule has 2 heterocycles. The second kappa shape index (κ2) is 11.8. The van der Waals surface area contributed by atoms with Crippen molar-refractivity contribution in [1.29, 1.82) is 0 Å². The van der Waals surface area contributed by atoms with E-state index >= 15 is 0 Å². The molecule has 0 spiro atoms. The van der Waals surface area contributed by atoms with Crippen molar-refractivity contribution in [2.24, 2.45) is 5.10 Å². The van der Waals surface area contributed by atoms with E-state index in [9.17, 15) is 0 Å². The predicted molar refractivity (Wildman–Crippen MR) is 133 cm³/mol. The fourth-order valence-electron chi connectivity index (χ4n) is 3.45. The molecule has 8 heteroatoms. The van der Waals surface area contributed by atoms with Crippen LogP contribution in [0.25, 0.3) is 11.4 Å². The van der Waals surface area contributed by atoms with Crippen molar-refractivity contribution in [2.45, 2.75) is 27.3 Å². The van der Waals surface area contributed by atoms with Gasteiger partial charge in [0.15, 0.2) is 17.5 Å². The summed E-state index contributed by atoms with van der Waals surface area (Å²) in [6, 6.07) is 16.2. The summed E-state index contributed by atoms with van der Waals surface area (Å²) in [7, 11) is 0. The number of piperazine rings is 1. The van der Waals surface area contributed by atoms with Gasteiger partial charge in [-0.25, -0.2) is 4.98 Å². The lowest BCUT2D eigenvalue weighted by molar-refractivity contribution is 0.584. The molecular weight excluding hydrogens is 400 g/mol. The van der Waals surface area contributed by atoms with Gasteiger partial charge in [0, 0.05) is 45.0 Å². The fraction of sp³-hybridized carbons (Fsp3) is 0.333. The molecule has 32 heavy (non-hydrogen) atoms. The lowest BCUT2D eigenvalue weighted by Crippen LogP contribution is -2.44. The highest BCUT2D eigenvalue weighted by molar-refractivity contribution is 5.68. The molecule has 8 nitrogen and oxygen atoms in total. The highest BCUT2D eigenvalue weighted by atomic mass is 15.3. The van der Waals surface area contributed by atoms with Crippen LogP contribution in [0.1, 0.15) is 25.0 Å². The normalized spacial score (nSPS) is 13.0. The van der Waals surface area contributed by atoms with Crippen molar-refractivity contribution in [2.75, 3.05) is 41.8 Å². The first kappa shape index (κ1) is 23.1. The number of hydrogen-bond donors (Lipinski definition) is 3. The number of hydrazone groups is 1. The molecule has 1 aliphatic rings. The molecule has 0 radical (unpaired) electrons. The van der Waals surface area contributed by atoms with Gasteiger partial charge in [-0.3, -0.25) is 5.43 Å². The third kappa shape index (κ3) is 5.79. The smallest absolute Gasteiger partial charge is 0.192 e. The van der Waals surface area contributed by atoms with Gasteiger partial charge < -0.3 is 15.5 Å². The Morgan fingerprint density at radius 3 is 2.50 bits per heavy atom. The second-order valence-corrected chi connectivity index (χ2v) is 7.18. The quantitative estimate of drug-likeness (QED) is 0.385. The van der Waals surface area contributed by atoms with Gasteiger partial charge in [-0.2, -0.15) is 5.10 Å². The van der Waals surface area contributed by atoms with Crippen LogP contribution in [0.3, 0.4) is 0 Å². The average molecular weight is 433 g/mol. The molecule has 4 rings (SSSR count). The Morgan fingerprint density at radius 2 is 1.81 bits per heavy atom. The number of aromatic nitrogens is 3. The SMILES string of the molecule is C=NNc1ccc(-c2nnc(NCc3ccccc3)c(N3CCNCC3)n2)cc1C.CC. The van der Waals surface area contributed by atoms with E-state index in [2.05, 4.69) is 55.1 Å². The Labute approximate surface area is 190 Å². The Bertz CT molecular complexity index is 1000. The molecule has 1 aliphatic heterocycles. The number of hydrogen-bond acceptors (Lipinski definition) is 8. The average Bonchev–Trinajstić information content (AvgIpc) is 2.86. The van der Waals surface area contributed by atoms with E-state index in [1.807, 2.05) is 57.2 Å². The zero-order chi connectivity index (χ0) is 22.8. The molecule has 0 amide bonds. The van der Waals surface area contributed by atoms with Crippen LogP contribution in [0.5, 0.6) is 0 Å². The zero-order valence-electron chi connectivity index (χ0n) is 19.1. The Morgan fingerprint density at radius 1 is 1.06 bits per heavy atom. The van der Waals surface area contributed by atoms with E-state index in [0.717, 1.165) is 48.8 Å². The van der Waals surface area contributed by atoms with Crippen molar-refractivity contribution >= 4 is 24.0 Å². The fourth-order valence-corrected chi connectivity index (χ4v) is 3.45. The number of nitrogens with one attached hydrogen (secondary N) is 3. The first-order valence-electron chi connectivity index (χ1n) is 11.1. The zero-order valence-corrected chi connectivity index (χ0v) is 19.1. The Kier molecular flexibility index (Phi) is 8.51. The molecule has 168 valence electrons. The van der Waals surface area contributed by atoms with Gasteiger partial charge in [0.2, 0.25) is 0 Å². The maximum Gasteiger partial charge on any atom is 0.192 e. The first-order chi connectivity index (χ1) is 15.7. The summed E-state index contributed by atoms with van der Waals surface area (Å²) in [6.45, 7) is 13.8. The van der Waals surface area contributed by atoms with Crippen LogP contribution in [-0.4, -0.2) is 48.1 Å². The van der Waals surface area contributed by atoms with Crippen LogP contribution in [0, 0.1) is 6.92 Å². The van der Waals surface area contributed by atoms with E-state index in [-0.39, 0.29) is 0 Å². The largest absolute Gasteiger partial charge is 0.361 e. The van der Waals surface area contributed by atoms with Crippen molar-refractivity contribution < 1.29 is 0 Å². The van der Waals surface area contributed by atoms with Crippen molar-refractivity contribution in [3.8, 4) is 11.4 Å². The minimum absolute atomic E-state index is 0.606. The summed E-state index contributed by atoms with van der Waals surface area (Å²) in [4.78, 5) is 7.16. The van der Waals surface area contributed by atoms with Gasteiger partial charge in [0.05, 0.1) is 5.69 Å².